The normalized spacial score (nSPS) is 10.2. The fraction of sp³-hybridized carbons (Fsp3) is 0. The van der Waals surface area contributed by atoms with E-state index in [0.29, 0.717) is 10.2 Å². The van der Waals surface area contributed by atoms with E-state index in [1.165, 1.54) is 0 Å². The van der Waals surface area contributed by atoms with Gasteiger partial charge in [0.15, 0.2) is 10.2 Å². The van der Waals surface area contributed by atoms with E-state index >= 15 is 0 Å². The van der Waals surface area contributed by atoms with Crippen molar-refractivity contribution in [1.29, 1.82) is 0 Å². The maximum Gasteiger partial charge on any atom is 0.175 e. The Morgan fingerprint density at radius 3 is 1.06 bits per heavy atom. The lowest BCUT2D eigenvalue weighted by atomic mass is 10.3. The monoisotopic (exact) mass is 486 g/mol. The van der Waals surface area contributed by atoms with Crippen molar-refractivity contribution in [3.63, 3.8) is 0 Å². The van der Waals surface area contributed by atoms with Gasteiger partial charge in [-0.05, 0) is 97.2 Å². The van der Waals surface area contributed by atoms with Crippen LogP contribution in [0.2, 0.25) is 0 Å². The highest BCUT2D eigenvalue weighted by Crippen LogP contribution is 2.29. The molecule has 0 aliphatic rings. The summed E-state index contributed by atoms with van der Waals surface area (Å²) in [5, 5.41) is 13.9. The third-order valence-electron chi connectivity index (χ3n) is 4.52. The molecule has 4 nitrogen and oxygen atoms in total. The summed E-state index contributed by atoms with van der Waals surface area (Å²) in [7, 11) is 0. The molecule has 0 bridgehead atoms. The molecule has 0 saturated carbocycles. The van der Waals surface area contributed by atoms with E-state index < -0.39 is 0 Å². The Balaban J connectivity index is 1.27. The van der Waals surface area contributed by atoms with Gasteiger partial charge >= 0.3 is 0 Å². The summed E-state index contributed by atoms with van der Waals surface area (Å²) in [4.78, 5) is 2.29. The maximum atomic E-state index is 5.39. The molecule has 0 fully saturated rings. The Hall–Kier alpha value is -3.39. The van der Waals surface area contributed by atoms with E-state index in [9.17, 15) is 0 Å². The first-order valence-electron chi connectivity index (χ1n) is 10.3. The van der Waals surface area contributed by atoms with Crippen molar-refractivity contribution in [1.82, 2.24) is 0 Å². The van der Waals surface area contributed by atoms with Gasteiger partial charge in [0.1, 0.15) is 0 Å². The summed E-state index contributed by atoms with van der Waals surface area (Å²) >= 11 is 12.5. The number of benzene rings is 4. The molecule has 33 heavy (non-hydrogen) atoms. The molecular formula is C26H22N4S3. The van der Waals surface area contributed by atoms with Crippen LogP contribution in [0.25, 0.3) is 0 Å². The van der Waals surface area contributed by atoms with Crippen LogP contribution in [0.15, 0.2) is 119 Å². The topological polar surface area (TPSA) is 48.1 Å². The van der Waals surface area contributed by atoms with Crippen molar-refractivity contribution in [2.45, 2.75) is 9.79 Å². The molecule has 7 heteroatoms. The molecule has 0 heterocycles. The highest BCUT2D eigenvalue weighted by molar-refractivity contribution is 7.99. The molecule has 164 valence electrons. The Labute approximate surface area is 208 Å². The molecule has 0 atom stereocenters. The molecule has 0 spiro atoms. The SMILES string of the molecule is S=C(Nc1ccccc1)Nc1ccc(Sc2ccc(NC(=S)Nc3ccccc3)cc2)cc1. The predicted molar refractivity (Wildman–Crippen MR) is 150 cm³/mol. The summed E-state index contributed by atoms with van der Waals surface area (Å²) in [5.74, 6) is 0. The quantitative estimate of drug-likeness (QED) is 0.211. The molecular weight excluding hydrogens is 465 g/mol. The van der Waals surface area contributed by atoms with Gasteiger partial charge in [-0.3, -0.25) is 0 Å². The zero-order valence-corrected chi connectivity index (χ0v) is 20.1. The van der Waals surface area contributed by atoms with Crippen LogP contribution in [0.5, 0.6) is 0 Å². The van der Waals surface area contributed by atoms with Crippen molar-refractivity contribution < 1.29 is 0 Å². The van der Waals surface area contributed by atoms with Gasteiger partial charge in [-0.25, -0.2) is 0 Å². The highest BCUT2D eigenvalue weighted by Gasteiger charge is 2.03. The largest absolute Gasteiger partial charge is 0.332 e. The minimum absolute atomic E-state index is 0.560. The van der Waals surface area contributed by atoms with Crippen LogP contribution in [0, 0.1) is 0 Å². The van der Waals surface area contributed by atoms with Crippen LogP contribution >= 0.6 is 36.2 Å². The molecule has 0 aliphatic heterocycles. The zero-order chi connectivity index (χ0) is 22.9. The van der Waals surface area contributed by atoms with Crippen molar-refractivity contribution in [2.24, 2.45) is 0 Å². The van der Waals surface area contributed by atoms with Crippen LogP contribution in [0.4, 0.5) is 22.7 Å². The molecule has 4 rings (SSSR count). The summed E-state index contributed by atoms with van der Waals surface area (Å²) in [6.45, 7) is 0. The number of hydrogen-bond donors (Lipinski definition) is 4. The first kappa shape index (κ1) is 22.8. The third kappa shape index (κ3) is 7.32. The van der Waals surface area contributed by atoms with Gasteiger partial charge in [0, 0.05) is 32.5 Å². The fourth-order valence-electron chi connectivity index (χ4n) is 2.98. The molecule has 0 saturated heterocycles. The zero-order valence-electron chi connectivity index (χ0n) is 17.6. The van der Waals surface area contributed by atoms with Gasteiger partial charge in [0.25, 0.3) is 0 Å². The van der Waals surface area contributed by atoms with E-state index in [1.807, 2.05) is 84.9 Å². The van der Waals surface area contributed by atoms with Crippen molar-refractivity contribution >= 4 is 69.2 Å². The number of nitrogens with one attached hydrogen (secondary N) is 4. The first-order valence-corrected chi connectivity index (χ1v) is 11.9. The number of hydrogen-bond acceptors (Lipinski definition) is 3. The molecule has 0 aromatic heterocycles. The average Bonchev–Trinajstić information content (AvgIpc) is 2.83. The Morgan fingerprint density at radius 1 is 0.424 bits per heavy atom. The lowest BCUT2D eigenvalue weighted by molar-refractivity contribution is 1.40. The molecule has 0 unspecified atom stereocenters. The molecule has 4 aromatic carbocycles. The van der Waals surface area contributed by atoms with Gasteiger partial charge < -0.3 is 21.3 Å². The van der Waals surface area contributed by atoms with E-state index in [0.717, 1.165) is 32.5 Å². The predicted octanol–water partition coefficient (Wildman–Crippen LogP) is 7.46. The molecule has 4 aromatic rings. The number of thiocarbonyl (C=S) groups is 2. The van der Waals surface area contributed by atoms with Crippen LogP contribution in [0.3, 0.4) is 0 Å². The number of anilines is 4. The van der Waals surface area contributed by atoms with E-state index in [4.69, 9.17) is 24.4 Å². The Kier molecular flexibility index (Phi) is 7.92. The van der Waals surface area contributed by atoms with Crippen LogP contribution in [-0.2, 0) is 0 Å². The maximum absolute atomic E-state index is 5.39. The van der Waals surface area contributed by atoms with Gasteiger partial charge in [0.05, 0.1) is 0 Å². The van der Waals surface area contributed by atoms with Crippen LogP contribution in [-0.4, -0.2) is 10.2 Å². The number of rotatable bonds is 6. The third-order valence-corrected chi connectivity index (χ3v) is 5.95. The van der Waals surface area contributed by atoms with Crippen LogP contribution in [0.1, 0.15) is 0 Å². The summed E-state index contributed by atoms with van der Waals surface area (Å²) in [5.41, 5.74) is 3.78. The fourth-order valence-corrected chi connectivity index (χ4v) is 4.27. The Morgan fingerprint density at radius 2 is 0.727 bits per heavy atom. The lowest BCUT2D eigenvalue weighted by Gasteiger charge is -2.12. The van der Waals surface area contributed by atoms with Crippen molar-refractivity contribution in [2.75, 3.05) is 21.3 Å². The molecule has 4 N–H and O–H groups in total. The van der Waals surface area contributed by atoms with Crippen molar-refractivity contribution in [3.05, 3.63) is 109 Å². The summed E-state index contributed by atoms with van der Waals surface area (Å²) in [6, 6.07) is 36.1. The molecule has 0 amide bonds. The smallest absolute Gasteiger partial charge is 0.175 e. The van der Waals surface area contributed by atoms with Gasteiger partial charge in [0.2, 0.25) is 0 Å². The van der Waals surface area contributed by atoms with Crippen molar-refractivity contribution in [3.8, 4) is 0 Å². The van der Waals surface area contributed by atoms with E-state index in [-0.39, 0.29) is 0 Å². The standard InChI is InChI=1S/C26H22N4S3/c31-25(27-19-7-3-1-4-8-19)29-21-11-15-23(16-12-21)33-24-17-13-22(14-18-24)30-26(32)28-20-9-5-2-6-10-20/h1-18H,(H2,27,29,31)(H2,28,30,32). The van der Waals surface area contributed by atoms with E-state index in [2.05, 4.69) is 45.5 Å². The second-order valence-corrected chi connectivity index (χ2v) is 9.00. The van der Waals surface area contributed by atoms with Crippen LogP contribution < -0.4 is 21.3 Å². The lowest BCUT2D eigenvalue weighted by Crippen LogP contribution is -2.18. The minimum Gasteiger partial charge on any atom is -0.332 e. The second kappa shape index (κ2) is 11.5. The molecule has 0 aliphatic carbocycles. The summed E-state index contributed by atoms with van der Waals surface area (Å²) in [6.07, 6.45) is 0. The van der Waals surface area contributed by atoms with E-state index in [1.54, 1.807) is 11.8 Å². The van der Waals surface area contributed by atoms with Gasteiger partial charge in [-0.15, -0.1) is 0 Å². The first-order chi connectivity index (χ1) is 16.1. The second-order valence-electron chi connectivity index (χ2n) is 7.04. The summed E-state index contributed by atoms with van der Waals surface area (Å²) < 4.78 is 0. The van der Waals surface area contributed by atoms with Gasteiger partial charge in [-0.2, -0.15) is 0 Å². The van der Waals surface area contributed by atoms with Gasteiger partial charge in [-0.1, -0.05) is 48.2 Å². The minimum atomic E-state index is 0.560. The highest BCUT2D eigenvalue weighted by atomic mass is 32.2. The number of para-hydroxylation sites is 2. The Bertz CT molecular complexity index is 1100. The molecule has 0 radical (unpaired) electrons. The average molecular weight is 487 g/mol.